The lowest BCUT2D eigenvalue weighted by Gasteiger charge is -2.10. The Labute approximate surface area is 161 Å². The Morgan fingerprint density at radius 1 is 0.857 bits per heavy atom. The molecule has 2 N–H and O–H groups in total. The van der Waals surface area contributed by atoms with Crippen LogP contribution in [0.25, 0.3) is 0 Å². The highest BCUT2D eigenvalue weighted by molar-refractivity contribution is 7.92. The van der Waals surface area contributed by atoms with E-state index < -0.39 is 20.9 Å². The lowest BCUT2D eigenvalue weighted by atomic mass is 10.2. The maximum Gasteiger partial charge on any atom is 0.271 e. The third-order valence-electron chi connectivity index (χ3n) is 3.75. The molecule has 0 aliphatic carbocycles. The van der Waals surface area contributed by atoms with E-state index in [1.165, 1.54) is 60.7 Å². The molecule has 3 aromatic carbocycles. The number of hydrogen-bond donors (Lipinski definition) is 2. The summed E-state index contributed by atoms with van der Waals surface area (Å²) in [6.07, 6.45) is 0. The van der Waals surface area contributed by atoms with Gasteiger partial charge in [-0.1, -0.05) is 30.3 Å². The summed E-state index contributed by atoms with van der Waals surface area (Å²) < 4.78 is 27.2. The molecule has 0 saturated heterocycles. The summed E-state index contributed by atoms with van der Waals surface area (Å²) in [5, 5.41) is 13.4. The van der Waals surface area contributed by atoms with Crippen molar-refractivity contribution in [3.8, 4) is 0 Å². The van der Waals surface area contributed by atoms with Crippen LogP contribution in [-0.4, -0.2) is 19.2 Å². The van der Waals surface area contributed by atoms with Gasteiger partial charge >= 0.3 is 0 Å². The molecule has 0 bridgehead atoms. The van der Waals surface area contributed by atoms with Gasteiger partial charge in [-0.25, -0.2) is 8.42 Å². The SMILES string of the molecule is O=C(Nc1cccc([N+](=O)[O-])c1)c1cccc(NS(=O)(=O)c2ccccc2)c1. The van der Waals surface area contributed by atoms with Gasteiger partial charge in [0.15, 0.2) is 0 Å². The number of carbonyl (C=O) groups is 1. The van der Waals surface area contributed by atoms with Crippen LogP contribution in [0.5, 0.6) is 0 Å². The molecule has 1 amide bonds. The van der Waals surface area contributed by atoms with E-state index in [1.54, 1.807) is 18.2 Å². The van der Waals surface area contributed by atoms with Crippen molar-refractivity contribution >= 4 is 33.0 Å². The Kier molecular flexibility index (Phi) is 5.37. The summed E-state index contributed by atoms with van der Waals surface area (Å²) in [4.78, 5) is 22.8. The van der Waals surface area contributed by atoms with E-state index in [9.17, 15) is 23.3 Å². The number of carbonyl (C=O) groups excluding carboxylic acids is 1. The van der Waals surface area contributed by atoms with Crippen LogP contribution >= 0.6 is 0 Å². The third-order valence-corrected chi connectivity index (χ3v) is 5.14. The summed E-state index contributed by atoms with van der Waals surface area (Å²) in [6.45, 7) is 0. The minimum Gasteiger partial charge on any atom is -0.322 e. The van der Waals surface area contributed by atoms with Crippen molar-refractivity contribution in [3.63, 3.8) is 0 Å². The van der Waals surface area contributed by atoms with Gasteiger partial charge in [0.25, 0.3) is 21.6 Å². The van der Waals surface area contributed by atoms with E-state index in [1.807, 2.05) is 0 Å². The highest BCUT2D eigenvalue weighted by Crippen LogP contribution is 2.20. The van der Waals surface area contributed by atoms with Crippen molar-refractivity contribution in [2.24, 2.45) is 0 Å². The van der Waals surface area contributed by atoms with Crippen molar-refractivity contribution in [2.45, 2.75) is 4.90 Å². The van der Waals surface area contributed by atoms with Gasteiger partial charge in [-0.05, 0) is 36.4 Å². The number of benzene rings is 3. The van der Waals surface area contributed by atoms with Gasteiger partial charge in [0.2, 0.25) is 0 Å². The van der Waals surface area contributed by atoms with Crippen molar-refractivity contribution in [3.05, 3.63) is 94.5 Å². The minimum atomic E-state index is -3.79. The van der Waals surface area contributed by atoms with Gasteiger partial charge in [0.1, 0.15) is 0 Å². The standard InChI is InChI=1S/C19H15N3O5S/c23-19(20-15-7-5-9-17(13-15)22(24)25)14-6-4-8-16(12-14)21-28(26,27)18-10-2-1-3-11-18/h1-13,21H,(H,20,23). The highest BCUT2D eigenvalue weighted by Gasteiger charge is 2.15. The van der Waals surface area contributed by atoms with Crippen LogP contribution in [0.3, 0.4) is 0 Å². The normalized spacial score (nSPS) is 10.9. The van der Waals surface area contributed by atoms with Gasteiger partial charge in [-0.15, -0.1) is 0 Å². The predicted molar refractivity (Wildman–Crippen MR) is 105 cm³/mol. The van der Waals surface area contributed by atoms with E-state index >= 15 is 0 Å². The van der Waals surface area contributed by atoms with Gasteiger partial charge in [0.05, 0.1) is 9.82 Å². The summed E-state index contributed by atoms with van der Waals surface area (Å²) in [6, 6.07) is 19.3. The second-order valence-electron chi connectivity index (χ2n) is 5.76. The number of rotatable bonds is 6. The van der Waals surface area contributed by atoms with Crippen LogP contribution in [0.1, 0.15) is 10.4 Å². The number of hydrogen-bond acceptors (Lipinski definition) is 5. The van der Waals surface area contributed by atoms with E-state index in [0.717, 1.165) is 0 Å². The summed E-state index contributed by atoms with van der Waals surface area (Å²) in [5.74, 6) is -0.527. The van der Waals surface area contributed by atoms with Gasteiger partial charge in [0, 0.05) is 29.1 Å². The Balaban J connectivity index is 1.78. The molecule has 3 aromatic rings. The molecule has 0 spiro atoms. The summed E-state index contributed by atoms with van der Waals surface area (Å²) >= 11 is 0. The lowest BCUT2D eigenvalue weighted by Crippen LogP contribution is -2.15. The molecule has 9 heteroatoms. The summed E-state index contributed by atoms with van der Waals surface area (Å²) in [7, 11) is -3.79. The second kappa shape index (κ2) is 7.89. The molecule has 3 rings (SSSR count). The molecule has 142 valence electrons. The Morgan fingerprint density at radius 3 is 2.25 bits per heavy atom. The molecule has 0 heterocycles. The number of nitro benzene ring substituents is 1. The van der Waals surface area contributed by atoms with Crippen molar-refractivity contribution < 1.29 is 18.1 Å². The maximum absolute atomic E-state index is 12.4. The fourth-order valence-corrected chi connectivity index (χ4v) is 3.51. The molecule has 8 nitrogen and oxygen atoms in total. The first-order valence-corrected chi connectivity index (χ1v) is 9.57. The Bertz CT molecular complexity index is 1130. The highest BCUT2D eigenvalue weighted by atomic mass is 32.2. The van der Waals surface area contributed by atoms with Crippen LogP contribution in [0, 0.1) is 10.1 Å². The molecule has 0 aliphatic heterocycles. The fourth-order valence-electron chi connectivity index (χ4n) is 2.44. The lowest BCUT2D eigenvalue weighted by molar-refractivity contribution is -0.384. The average Bonchev–Trinajstić information content (AvgIpc) is 2.69. The van der Waals surface area contributed by atoms with E-state index in [0.29, 0.717) is 0 Å². The molecule has 0 unspecified atom stereocenters. The molecule has 0 saturated carbocycles. The number of nitrogens with one attached hydrogen (secondary N) is 2. The number of amides is 1. The zero-order valence-corrected chi connectivity index (χ0v) is 15.2. The first-order chi connectivity index (χ1) is 13.3. The summed E-state index contributed by atoms with van der Waals surface area (Å²) in [5.41, 5.74) is 0.520. The number of sulfonamides is 1. The number of nitrogens with zero attached hydrogens (tertiary/aromatic N) is 1. The monoisotopic (exact) mass is 397 g/mol. The smallest absolute Gasteiger partial charge is 0.271 e. The van der Waals surface area contributed by atoms with E-state index in [4.69, 9.17) is 0 Å². The van der Waals surface area contributed by atoms with E-state index in [2.05, 4.69) is 10.0 Å². The second-order valence-corrected chi connectivity index (χ2v) is 7.44. The molecular weight excluding hydrogens is 382 g/mol. The first kappa shape index (κ1) is 19.1. The van der Waals surface area contributed by atoms with Crippen molar-refractivity contribution in [1.29, 1.82) is 0 Å². The molecule has 0 fully saturated rings. The van der Waals surface area contributed by atoms with Crippen LogP contribution in [-0.2, 0) is 10.0 Å². The third kappa shape index (κ3) is 4.51. The van der Waals surface area contributed by atoms with Crippen molar-refractivity contribution in [2.75, 3.05) is 10.0 Å². The first-order valence-electron chi connectivity index (χ1n) is 8.09. The van der Waals surface area contributed by atoms with Crippen LogP contribution in [0.4, 0.5) is 17.1 Å². The maximum atomic E-state index is 12.4. The van der Waals surface area contributed by atoms with Crippen LogP contribution in [0.15, 0.2) is 83.8 Å². The van der Waals surface area contributed by atoms with Gasteiger partial charge in [-0.2, -0.15) is 0 Å². The zero-order chi connectivity index (χ0) is 20.1. The zero-order valence-electron chi connectivity index (χ0n) is 14.4. The predicted octanol–water partition coefficient (Wildman–Crippen LogP) is 3.65. The van der Waals surface area contributed by atoms with Gasteiger partial charge < -0.3 is 5.32 Å². The topological polar surface area (TPSA) is 118 Å². The van der Waals surface area contributed by atoms with Crippen molar-refractivity contribution in [1.82, 2.24) is 0 Å². The van der Waals surface area contributed by atoms with Crippen LogP contribution < -0.4 is 10.0 Å². The van der Waals surface area contributed by atoms with E-state index in [-0.39, 0.29) is 27.5 Å². The fraction of sp³-hybridized carbons (Fsp3) is 0. The Morgan fingerprint density at radius 2 is 1.54 bits per heavy atom. The minimum absolute atomic E-state index is 0.0986. The largest absolute Gasteiger partial charge is 0.322 e. The number of anilines is 2. The molecule has 0 aliphatic rings. The number of non-ortho nitro benzene ring substituents is 1. The molecule has 28 heavy (non-hydrogen) atoms. The van der Waals surface area contributed by atoms with Gasteiger partial charge in [-0.3, -0.25) is 19.6 Å². The quantitative estimate of drug-likeness (QED) is 0.486. The Hall–Kier alpha value is -3.72. The molecular formula is C19H15N3O5S. The molecule has 0 radical (unpaired) electrons. The molecule has 0 atom stereocenters. The average molecular weight is 397 g/mol. The van der Waals surface area contributed by atoms with Crippen LogP contribution in [0.2, 0.25) is 0 Å². The number of nitro groups is 1. The molecule has 0 aromatic heterocycles.